The molecule has 0 fully saturated rings. The van der Waals surface area contributed by atoms with Crippen molar-refractivity contribution >= 4 is 19.8 Å². The number of esters is 1. The highest BCUT2D eigenvalue weighted by Gasteiger charge is 2.27. The molecule has 0 amide bonds. The largest absolute Gasteiger partial charge is 0.480 e. The number of phosphoric ester groups is 1. The zero-order valence-corrected chi connectivity index (χ0v) is 42.7. The third-order valence-corrected chi connectivity index (χ3v) is 11.9. The number of rotatable bonds is 49. The Morgan fingerprint density at radius 3 is 1.29 bits per heavy atom. The quantitative estimate of drug-likeness (QED) is 0.0232. The Morgan fingerprint density at radius 1 is 0.500 bits per heavy atom. The highest BCUT2D eigenvalue weighted by molar-refractivity contribution is 7.47. The van der Waals surface area contributed by atoms with Crippen LogP contribution in [0.3, 0.4) is 0 Å². The van der Waals surface area contributed by atoms with Crippen LogP contribution in [0.25, 0.3) is 0 Å². The van der Waals surface area contributed by atoms with Gasteiger partial charge in [-0.15, -0.1) is 0 Å². The molecule has 0 spiro atoms. The molecule has 0 aliphatic carbocycles. The molecular weight excluding hydrogens is 850 g/mol. The molecule has 0 aromatic heterocycles. The molecule has 66 heavy (non-hydrogen) atoms. The number of carboxylic acid groups (broad SMARTS) is 1. The van der Waals surface area contributed by atoms with Gasteiger partial charge in [0, 0.05) is 13.0 Å². The number of ether oxygens (including phenoxy) is 2. The molecule has 0 saturated heterocycles. The molecule has 4 N–H and O–H groups in total. The third kappa shape index (κ3) is 49.1. The molecule has 0 aliphatic rings. The lowest BCUT2D eigenvalue weighted by Crippen LogP contribution is -2.34. The molecule has 3 atom stereocenters. The van der Waals surface area contributed by atoms with Crippen LogP contribution in [-0.2, 0) is 32.7 Å². The molecule has 0 aliphatic heterocycles. The molecule has 3 unspecified atom stereocenters. The molecular formula is C55H96NO9P. The van der Waals surface area contributed by atoms with Crippen LogP contribution in [0.15, 0.2) is 85.1 Å². The highest BCUT2D eigenvalue weighted by atomic mass is 31.2. The predicted octanol–water partition coefficient (Wildman–Crippen LogP) is 15.5. The van der Waals surface area contributed by atoms with Crippen LogP contribution in [-0.4, -0.2) is 60.5 Å². The summed E-state index contributed by atoms with van der Waals surface area (Å²) in [5.74, 6) is -1.80. The molecule has 0 saturated carbocycles. The number of aliphatic carboxylic acids is 1. The lowest BCUT2D eigenvalue weighted by atomic mass is 10.0. The van der Waals surface area contributed by atoms with Crippen LogP contribution in [0.4, 0.5) is 0 Å². The van der Waals surface area contributed by atoms with E-state index in [1.807, 2.05) is 0 Å². The fraction of sp³-hybridized carbons (Fsp3) is 0.709. The number of carboxylic acids is 1. The summed E-state index contributed by atoms with van der Waals surface area (Å²) in [5.41, 5.74) is 5.37. The van der Waals surface area contributed by atoms with Gasteiger partial charge in [0.2, 0.25) is 0 Å². The number of hydrogen-bond donors (Lipinski definition) is 3. The first-order valence-electron chi connectivity index (χ1n) is 26.1. The van der Waals surface area contributed by atoms with E-state index in [-0.39, 0.29) is 13.0 Å². The molecule has 0 radical (unpaired) electrons. The zero-order chi connectivity index (χ0) is 48.3. The molecule has 11 heteroatoms. The van der Waals surface area contributed by atoms with Crippen LogP contribution in [0, 0.1) is 0 Å². The summed E-state index contributed by atoms with van der Waals surface area (Å²) in [6.07, 6.45) is 65.1. The van der Waals surface area contributed by atoms with Crippen molar-refractivity contribution in [1.82, 2.24) is 0 Å². The SMILES string of the molecule is CC/C=C\C/C=C\C/C=C\C/C=C\C/C=C\C/C=C\C/C=C\CCCCOCC(COP(=O)(O)OCC(N)C(=O)O)OC(=O)CCCCCCCCCCCCCCCCCCCCCC. The van der Waals surface area contributed by atoms with Crippen molar-refractivity contribution in [1.29, 1.82) is 0 Å². The van der Waals surface area contributed by atoms with Crippen LogP contribution < -0.4 is 5.73 Å². The lowest BCUT2D eigenvalue weighted by molar-refractivity contribution is -0.154. The van der Waals surface area contributed by atoms with E-state index in [2.05, 4.69) is 98.9 Å². The summed E-state index contributed by atoms with van der Waals surface area (Å²) in [7, 11) is -4.64. The smallest absolute Gasteiger partial charge is 0.472 e. The highest BCUT2D eigenvalue weighted by Crippen LogP contribution is 2.43. The van der Waals surface area contributed by atoms with Gasteiger partial charge in [0.15, 0.2) is 0 Å². The van der Waals surface area contributed by atoms with Gasteiger partial charge in [0.05, 0.1) is 19.8 Å². The molecule has 10 nitrogen and oxygen atoms in total. The first-order chi connectivity index (χ1) is 32.2. The maximum absolute atomic E-state index is 12.7. The number of phosphoric acid groups is 1. The van der Waals surface area contributed by atoms with Crippen molar-refractivity contribution in [3.05, 3.63) is 85.1 Å². The number of hydrogen-bond acceptors (Lipinski definition) is 8. The minimum absolute atomic E-state index is 0.0157. The van der Waals surface area contributed by atoms with Crippen molar-refractivity contribution in [2.75, 3.05) is 26.4 Å². The van der Waals surface area contributed by atoms with Gasteiger partial charge in [-0.3, -0.25) is 18.6 Å². The van der Waals surface area contributed by atoms with E-state index in [0.717, 1.165) is 83.5 Å². The number of carbonyl (C=O) groups is 2. The summed E-state index contributed by atoms with van der Waals surface area (Å²) in [4.78, 5) is 33.7. The van der Waals surface area contributed by atoms with E-state index < -0.39 is 45.1 Å². The second kappa shape index (κ2) is 50.0. The molecule has 0 rings (SSSR count). The third-order valence-electron chi connectivity index (χ3n) is 10.9. The van der Waals surface area contributed by atoms with Gasteiger partial charge >= 0.3 is 19.8 Å². The second-order valence-corrected chi connectivity index (χ2v) is 18.7. The normalized spacial score (nSPS) is 14.4. The molecule has 380 valence electrons. The van der Waals surface area contributed by atoms with E-state index in [1.165, 1.54) is 103 Å². The van der Waals surface area contributed by atoms with Crippen molar-refractivity contribution < 1.29 is 42.7 Å². The van der Waals surface area contributed by atoms with Crippen molar-refractivity contribution in [2.45, 2.75) is 225 Å². The first-order valence-corrected chi connectivity index (χ1v) is 27.6. The summed E-state index contributed by atoms with van der Waals surface area (Å²) in [5, 5.41) is 8.93. The molecule has 0 aromatic carbocycles. The van der Waals surface area contributed by atoms with Gasteiger partial charge in [-0.25, -0.2) is 4.57 Å². The number of allylic oxidation sites excluding steroid dienone is 14. The number of nitrogens with two attached hydrogens (primary N) is 1. The zero-order valence-electron chi connectivity index (χ0n) is 41.8. The second-order valence-electron chi connectivity index (χ2n) is 17.3. The van der Waals surface area contributed by atoms with Crippen molar-refractivity contribution in [3.63, 3.8) is 0 Å². The Hall–Kier alpha value is -2.85. The van der Waals surface area contributed by atoms with Crippen LogP contribution in [0.1, 0.15) is 213 Å². The Kier molecular flexibility index (Phi) is 47.9. The first kappa shape index (κ1) is 63.1. The number of carbonyl (C=O) groups excluding carboxylic acids is 1. The van der Waals surface area contributed by atoms with Crippen LogP contribution in [0.5, 0.6) is 0 Å². The Labute approximate surface area is 403 Å². The van der Waals surface area contributed by atoms with Gasteiger partial charge in [-0.2, -0.15) is 0 Å². The summed E-state index contributed by atoms with van der Waals surface area (Å²) >= 11 is 0. The summed E-state index contributed by atoms with van der Waals surface area (Å²) in [6.45, 7) is 3.68. The average Bonchev–Trinajstić information content (AvgIpc) is 3.30. The molecule has 0 bridgehead atoms. The van der Waals surface area contributed by atoms with Gasteiger partial charge < -0.3 is 25.2 Å². The van der Waals surface area contributed by atoms with E-state index in [0.29, 0.717) is 13.0 Å². The number of unbranched alkanes of at least 4 members (excludes halogenated alkanes) is 21. The summed E-state index contributed by atoms with van der Waals surface area (Å²) < 4.78 is 33.5. The van der Waals surface area contributed by atoms with Crippen LogP contribution >= 0.6 is 7.82 Å². The van der Waals surface area contributed by atoms with Crippen molar-refractivity contribution in [2.24, 2.45) is 5.73 Å². The Balaban J connectivity index is 4.24. The standard InChI is InChI=1S/C55H96NO9P/c1-3-5-7-9-11-13-15-17-19-21-23-25-26-27-28-30-32-34-36-38-40-42-44-46-48-62-49-52(50-63-66(60,61)64-51-53(56)55(58)59)65-54(57)47-45-43-41-39-37-35-33-31-29-24-22-20-18-16-14-12-10-8-6-4-2/h5,7,11,13,17,19,23,25,27-28,32,34,38,40,52-53H,3-4,6,8-10,12,14-16,18,20-22,24,26,29-31,33,35-37,39,41-51,56H2,1-2H3,(H,58,59)(H,60,61)/b7-5-,13-11-,19-17-,25-23-,28-27-,34-32-,40-38-. The topological polar surface area (TPSA) is 155 Å². The lowest BCUT2D eigenvalue weighted by Gasteiger charge is -2.20. The van der Waals surface area contributed by atoms with Crippen LogP contribution in [0.2, 0.25) is 0 Å². The van der Waals surface area contributed by atoms with Gasteiger partial charge in [0.25, 0.3) is 0 Å². The minimum atomic E-state index is -4.64. The minimum Gasteiger partial charge on any atom is -0.480 e. The monoisotopic (exact) mass is 946 g/mol. The maximum Gasteiger partial charge on any atom is 0.472 e. The van der Waals surface area contributed by atoms with Gasteiger partial charge in [-0.05, 0) is 70.6 Å². The van der Waals surface area contributed by atoms with Gasteiger partial charge in [0.1, 0.15) is 12.1 Å². The van der Waals surface area contributed by atoms with E-state index >= 15 is 0 Å². The van der Waals surface area contributed by atoms with E-state index in [4.69, 9.17) is 29.4 Å². The summed E-state index contributed by atoms with van der Waals surface area (Å²) in [6, 6.07) is -1.48. The van der Waals surface area contributed by atoms with E-state index in [9.17, 15) is 19.0 Å². The van der Waals surface area contributed by atoms with E-state index in [1.54, 1.807) is 0 Å². The van der Waals surface area contributed by atoms with Crippen molar-refractivity contribution in [3.8, 4) is 0 Å². The molecule has 0 heterocycles. The average molecular weight is 946 g/mol. The fourth-order valence-corrected chi connectivity index (χ4v) is 7.72. The predicted molar refractivity (Wildman–Crippen MR) is 276 cm³/mol. The molecule has 0 aromatic rings. The Morgan fingerprint density at radius 2 is 0.879 bits per heavy atom. The maximum atomic E-state index is 12.7. The van der Waals surface area contributed by atoms with Gasteiger partial charge in [-0.1, -0.05) is 221 Å². The Bertz CT molecular complexity index is 1370. The fourth-order valence-electron chi connectivity index (χ4n) is 6.94.